The lowest BCUT2D eigenvalue weighted by atomic mass is 10.3. The molecule has 0 bridgehead atoms. The minimum atomic E-state index is -3.69. The highest BCUT2D eigenvalue weighted by Crippen LogP contribution is 2.24. The fourth-order valence-electron chi connectivity index (χ4n) is 1.63. The molecule has 8 heteroatoms. The average molecular weight is 379 g/mol. The molecule has 0 unspecified atom stereocenters. The Morgan fingerprint density at radius 3 is 2.65 bits per heavy atom. The van der Waals surface area contributed by atoms with E-state index >= 15 is 0 Å². The average Bonchev–Trinajstić information content (AvgIpc) is 2.78. The van der Waals surface area contributed by atoms with Crippen LogP contribution in [0.1, 0.15) is 5.56 Å². The molecule has 0 atom stereocenters. The van der Waals surface area contributed by atoms with E-state index in [0.717, 1.165) is 21.5 Å². The molecule has 2 rings (SSSR count). The minimum absolute atomic E-state index is 0.0202. The summed E-state index contributed by atoms with van der Waals surface area (Å²) < 4.78 is 39.9. The van der Waals surface area contributed by atoms with Gasteiger partial charge in [-0.1, -0.05) is 0 Å². The highest BCUT2D eigenvalue weighted by atomic mass is 79.9. The molecule has 0 amide bonds. The monoisotopic (exact) mass is 378 g/mol. The number of rotatable bonds is 4. The summed E-state index contributed by atoms with van der Waals surface area (Å²) in [5.74, 6) is -0.631. The molecule has 0 spiro atoms. The Labute approximate surface area is 129 Å². The maximum Gasteiger partial charge on any atom is 0.243 e. The quantitative estimate of drug-likeness (QED) is 0.831. The Bertz CT molecular complexity index is 731. The second kappa shape index (κ2) is 5.80. The molecular weight excluding hydrogens is 367 g/mol. The summed E-state index contributed by atoms with van der Waals surface area (Å²) in [7, 11) is -2.22. The Hall–Kier alpha value is -0.960. The fourth-order valence-corrected chi connectivity index (χ4v) is 4.03. The Morgan fingerprint density at radius 2 is 2.10 bits per heavy atom. The number of hydrogen-bond donors (Lipinski definition) is 1. The molecule has 1 aromatic carbocycles. The highest BCUT2D eigenvalue weighted by molar-refractivity contribution is 9.11. The van der Waals surface area contributed by atoms with Crippen LogP contribution in [0.25, 0.3) is 0 Å². The Balaban J connectivity index is 2.27. The van der Waals surface area contributed by atoms with Gasteiger partial charge in [0, 0.05) is 13.6 Å². The summed E-state index contributed by atoms with van der Waals surface area (Å²) >= 11 is 4.81. The maximum absolute atomic E-state index is 13.1. The van der Waals surface area contributed by atoms with E-state index in [0.29, 0.717) is 0 Å². The van der Waals surface area contributed by atoms with Crippen molar-refractivity contribution in [2.24, 2.45) is 0 Å². The molecule has 2 N–H and O–H groups in total. The van der Waals surface area contributed by atoms with Crippen molar-refractivity contribution in [3.05, 3.63) is 44.8 Å². The third-order valence-electron chi connectivity index (χ3n) is 2.70. The lowest BCUT2D eigenvalue weighted by Gasteiger charge is -2.16. The second-order valence-electron chi connectivity index (χ2n) is 4.20. The molecule has 4 nitrogen and oxygen atoms in total. The lowest BCUT2D eigenvalue weighted by molar-refractivity contribution is 0.467. The summed E-state index contributed by atoms with van der Waals surface area (Å²) in [5, 5.41) is 1.87. The smallest absolute Gasteiger partial charge is 0.243 e. The van der Waals surface area contributed by atoms with Gasteiger partial charge in [0.05, 0.1) is 14.4 Å². The normalized spacial score (nSPS) is 12.0. The zero-order valence-electron chi connectivity index (χ0n) is 10.5. The van der Waals surface area contributed by atoms with Crippen molar-refractivity contribution in [2.75, 3.05) is 12.8 Å². The number of nitrogens with two attached hydrogens (primary N) is 1. The maximum atomic E-state index is 13.1. The van der Waals surface area contributed by atoms with Gasteiger partial charge in [-0.15, -0.1) is 11.3 Å². The largest absolute Gasteiger partial charge is 0.396 e. The van der Waals surface area contributed by atoms with Crippen LogP contribution in [0.5, 0.6) is 0 Å². The third-order valence-corrected chi connectivity index (χ3v) is 6.06. The van der Waals surface area contributed by atoms with Crippen LogP contribution in [0.4, 0.5) is 10.1 Å². The first-order valence-corrected chi connectivity index (χ1v) is 8.66. The van der Waals surface area contributed by atoms with E-state index in [1.807, 2.05) is 11.4 Å². The molecule has 2 aromatic rings. The molecule has 0 fully saturated rings. The van der Waals surface area contributed by atoms with Crippen LogP contribution >= 0.6 is 27.3 Å². The van der Waals surface area contributed by atoms with E-state index in [4.69, 9.17) is 5.73 Å². The molecular formula is C12H12BrFN2O2S2. The van der Waals surface area contributed by atoms with Crippen LogP contribution in [0.2, 0.25) is 0 Å². The number of benzene rings is 1. The van der Waals surface area contributed by atoms with Gasteiger partial charge in [-0.2, -0.15) is 4.31 Å². The van der Waals surface area contributed by atoms with Crippen molar-refractivity contribution in [3.8, 4) is 0 Å². The molecule has 0 aliphatic heterocycles. The molecule has 1 heterocycles. The zero-order valence-corrected chi connectivity index (χ0v) is 13.7. The first-order chi connectivity index (χ1) is 9.30. The number of halogens is 2. The molecule has 0 aliphatic rings. The van der Waals surface area contributed by atoms with Crippen LogP contribution < -0.4 is 5.73 Å². The van der Waals surface area contributed by atoms with E-state index in [2.05, 4.69) is 15.9 Å². The van der Waals surface area contributed by atoms with E-state index in [1.165, 1.54) is 28.8 Å². The molecule has 0 aliphatic carbocycles. The van der Waals surface area contributed by atoms with Crippen LogP contribution in [-0.2, 0) is 16.6 Å². The van der Waals surface area contributed by atoms with Gasteiger partial charge in [0.2, 0.25) is 10.0 Å². The van der Waals surface area contributed by atoms with Crippen LogP contribution in [-0.4, -0.2) is 19.8 Å². The minimum Gasteiger partial charge on any atom is -0.396 e. The van der Waals surface area contributed by atoms with E-state index < -0.39 is 15.8 Å². The van der Waals surface area contributed by atoms with Gasteiger partial charge in [-0.25, -0.2) is 12.8 Å². The van der Waals surface area contributed by atoms with Crippen molar-refractivity contribution < 1.29 is 12.8 Å². The first-order valence-electron chi connectivity index (χ1n) is 5.55. The van der Waals surface area contributed by atoms with Gasteiger partial charge < -0.3 is 5.73 Å². The van der Waals surface area contributed by atoms with Crippen LogP contribution in [0.3, 0.4) is 0 Å². The molecule has 20 heavy (non-hydrogen) atoms. The lowest BCUT2D eigenvalue weighted by Crippen LogP contribution is -2.26. The summed E-state index contributed by atoms with van der Waals surface area (Å²) in [5.41, 5.74) is 6.11. The van der Waals surface area contributed by atoms with Crippen molar-refractivity contribution in [1.29, 1.82) is 0 Å². The van der Waals surface area contributed by atoms with Gasteiger partial charge in [0.15, 0.2) is 0 Å². The summed E-state index contributed by atoms with van der Waals surface area (Å²) in [6, 6.07) is 5.25. The Kier molecular flexibility index (Phi) is 4.48. The predicted molar refractivity (Wildman–Crippen MR) is 81.5 cm³/mol. The number of nitrogens with zero attached hydrogens (tertiary/aromatic N) is 1. The number of thiophene rings is 1. The summed E-state index contributed by atoms with van der Waals surface area (Å²) in [6.45, 7) is 0.238. The number of anilines is 1. The fraction of sp³-hybridized carbons (Fsp3) is 0.167. The van der Waals surface area contributed by atoms with Crippen molar-refractivity contribution >= 4 is 43.0 Å². The SMILES string of the molecule is CN(Cc1csc(Br)c1)S(=O)(=O)c1ccc(F)c(N)c1. The number of sulfonamides is 1. The predicted octanol–water partition coefficient (Wildman–Crippen LogP) is 3.05. The summed E-state index contributed by atoms with van der Waals surface area (Å²) in [6.07, 6.45) is 0. The first kappa shape index (κ1) is 15.4. The standard InChI is InChI=1S/C12H12BrFN2O2S2/c1-16(6-8-4-12(13)19-7-8)20(17,18)9-2-3-10(14)11(15)5-9/h2-5,7H,6,15H2,1H3. The van der Waals surface area contributed by atoms with Crippen LogP contribution in [0.15, 0.2) is 38.3 Å². The number of hydrogen-bond acceptors (Lipinski definition) is 4. The van der Waals surface area contributed by atoms with Gasteiger partial charge in [0.1, 0.15) is 5.82 Å². The third kappa shape index (κ3) is 3.20. The number of nitrogen functional groups attached to an aromatic ring is 1. The van der Waals surface area contributed by atoms with Crippen LogP contribution in [0, 0.1) is 5.82 Å². The van der Waals surface area contributed by atoms with Gasteiger partial charge in [-0.3, -0.25) is 0 Å². The van der Waals surface area contributed by atoms with Gasteiger partial charge in [-0.05, 0) is 51.1 Å². The van der Waals surface area contributed by atoms with Crippen molar-refractivity contribution in [3.63, 3.8) is 0 Å². The topological polar surface area (TPSA) is 63.4 Å². The second-order valence-corrected chi connectivity index (χ2v) is 8.54. The molecule has 0 saturated heterocycles. The molecule has 108 valence electrons. The van der Waals surface area contributed by atoms with E-state index in [9.17, 15) is 12.8 Å². The summed E-state index contributed by atoms with van der Waals surface area (Å²) in [4.78, 5) is -0.0202. The van der Waals surface area contributed by atoms with Gasteiger partial charge in [0.25, 0.3) is 0 Å². The molecule has 1 aromatic heterocycles. The van der Waals surface area contributed by atoms with Gasteiger partial charge >= 0.3 is 0 Å². The van der Waals surface area contributed by atoms with Crippen molar-refractivity contribution in [2.45, 2.75) is 11.4 Å². The molecule has 0 radical (unpaired) electrons. The zero-order chi connectivity index (χ0) is 14.9. The highest BCUT2D eigenvalue weighted by Gasteiger charge is 2.22. The van der Waals surface area contributed by atoms with E-state index in [1.54, 1.807) is 0 Å². The van der Waals surface area contributed by atoms with Crippen molar-refractivity contribution in [1.82, 2.24) is 4.31 Å². The molecule has 0 saturated carbocycles. The van der Waals surface area contributed by atoms with E-state index in [-0.39, 0.29) is 17.1 Å². The Morgan fingerprint density at radius 1 is 1.40 bits per heavy atom.